The van der Waals surface area contributed by atoms with Gasteiger partial charge in [-0.25, -0.2) is 9.50 Å². The van der Waals surface area contributed by atoms with Gasteiger partial charge in [0.05, 0.1) is 117 Å². The number of amides is 1. The summed E-state index contributed by atoms with van der Waals surface area (Å²) in [6.45, 7) is 21.2. The number of carbonyl (C=O) groups is 1. The Bertz CT molecular complexity index is 1980. The largest absolute Gasteiger partial charge is 0.379 e. The van der Waals surface area contributed by atoms with Crippen LogP contribution >= 0.6 is 0 Å². The Kier molecular flexibility index (Phi) is 22.2. The molecule has 370 valence electrons. The van der Waals surface area contributed by atoms with Crippen LogP contribution in [0.3, 0.4) is 0 Å². The van der Waals surface area contributed by atoms with Gasteiger partial charge in [-0.05, 0) is 67.7 Å². The van der Waals surface area contributed by atoms with Gasteiger partial charge in [-0.3, -0.25) is 9.69 Å². The fraction of sp³-hybridized carbons (Fsp3) is 0.694. The minimum atomic E-state index is -0.156. The van der Waals surface area contributed by atoms with Crippen LogP contribution in [0.25, 0.3) is 22.2 Å². The third-order valence-corrected chi connectivity index (χ3v) is 12.6. The van der Waals surface area contributed by atoms with Crippen LogP contribution in [-0.2, 0) is 55.5 Å². The second-order valence-electron chi connectivity index (χ2n) is 17.9. The van der Waals surface area contributed by atoms with Gasteiger partial charge in [0.25, 0.3) is 0 Å². The third kappa shape index (κ3) is 16.9. The fourth-order valence-electron chi connectivity index (χ4n) is 9.39. The summed E-state index contributed by atoms with van der Waals surface area (Å²) in [5.41, 5.74) is 16.3. The lowest BCUT2D eigenvalue weighted by Gasteiger charge is -2.70. The number of azide groups is 1. The minimum Gasteiger partial charge on any atom is -0.379 e. The van der Waals surface area contributed by atoms with Gasteiger partial charge in [-0.2, -0.15) is 5.10 Å². The lowest BCUT2D eigenvalue weighted by molar-refractivity contribution is -0.214. The van der Waals surface area contributed by atoms with E-state index in [4.69, 9.17) is 53.5 Å². The number of rotatable bonds is 36. The molecule has 1 aliphatic heterocycles. The second kappa shape index (κ2) is 28.5. The first-order chi connectivity index (χ1) is 32.8. The zero-order valence-electron chi connectivity index (χ0n) is 40.3. The van der Waals surface area contributed by atoms with Crippen molar-refractivity contribution >= 4 is 17.6 Å². The number of fused-ring (bicyclic) bond motifs is 1. The number of hydrogen-bond acceptors (Lipinski definition) is 14. The van der Waals surface area contributed by atoms with Gasteiger partial charge < -0.3 is 48.1 Å². The van der Waals surface area contributed by atoms with Gasteiger partial charge in [0, 0.05) is 80.6 Å². The molecular weight excluding hydrogens is 859 g/mol. The van der Waals surface area contributed by atoms with E-state index in [1.54, 1.807) is 0 Å². The number of nitrogens with zero attached hydrogens (tertiary/aromatic N) is 8. The van der Waals surface area contributed by atoms with Gasteiger partial charge in [0.15, 0.2) is 5.65 Å². The molecule has 1 saturated heterocycles. The molecular formula is C49H75N9O9. The molecule has 3 aromatic rings. The van der Waals surface area contributed by atoms with E-state index in [1.165, 1.54) is 16.7 Å². The highest BCUT2D eigenvalue weighted by Crippen LogP contribution is 2.73. The molecule has 1 amide bonds. The van der Waals surface area contributed by atoms with Crippen LogP contribution < -0.4 is 5.32 Å². The molecule has 1 N–H and O–H groups in total. The SMILES string of the molecule is CCc1nn2c(C)cc(C)nc2c1Cc1ccc(/C=C/CN2CCN(CC34CC(C(=O)NCCOCCOCCOCCOCCOCCOCCOCCOCCN=[N+]=[N-])(C3)C4)CC2)cc1. The standard InChI is InChI=1S/C49H75N9O9/c1-4-45-44(46-53-40(2)34-41(3)58(46)54-45)35-43-9-7-42(8-10-43)6-5-13-56-14-16-57(17-15-56)39-48-36-49(37-48,38-48)47(59)51-11-18-60-20-22-62-24-26-64-28-30-66-32-33-67-31-29-65-27-25-63-23-21-61-19-12-52-55-50/h5-10,34H,4,11-33,35-39H2,1-3H3,(H,51,59)/b6-5+. The molecule has 3 aliphatic carbocycles. The lowest BCUT2D eigenvalue weighted by Crippen LogP contribution is -2.71. The summed E-state index contributed by atoms with van der Waals surface area (Å²) in [6.07, 6.45) is 9.29. The van der Waals surface area contributed by atoms with Crippen molar-refractivity contribution in [2.45, 2.75) is 52.9 Å². The van der Waals surface area contributed by atoms with Crippen molar-refractivity contribution in [2.24, 2.45) is 15.9 Å². The van der Waals surface area contributed by atoms with Crippen LogP contribution in [0.4, 0.5) is 0 Å². The molecule has 2 aromatic heterocycles. The molecule has 7 rings (SSSR count). The summed E-state index contributed by atoms with van der Waals surface area (Å²) in [6, 6.07) is 11.0. The van der Waals surface area contributed by atoms with Crippen LogP contribution in [0, 0.1) is 24.7 Å². The topological polar surface area (TPSA) is 188 Å². The average molecular weight is 934 g/mol. The van der Waals surface area contributed by atoms with Crippen molar-refractivity contribution in [3.8, 4) is 0 Å². The zero-order chi connectivity index (χ0) is 47.0. The predicted octanol–water partition coefficient (Wildman–Crippen LogP) is 4.86. The summed E-state index contributed by atoms with van der Waals surface area (Å²) in [4.78, 5) is 25.7. The van der Waals surface area contributed by atoms with Gasteiger partial charge in [0.1, 0.15) is 0 Å². The van der Waals surface area contributed by atoms with Crippen molar-refractivity contribution < 1.29 is 42.7 Å². The summed E-state index contributed by atoms with van der Waals surface area (Å²) < 4.78 is 45.9. The number of aryl methyl sites for hydroxylation is 3. The Morgan fingerprint density at radius 1 is 0.761 bits per heavy atom. The first-order valence-electron chi connectivity index (χ1n) is 24.3. The Morgan fingerprint density at radius 2 is 1.28 bits per heavy atom. The van der Waals surface area contributed by atoms with Crippen LogP contribution in [0.2, 0.25) is 0 Å². The molecule has 3 heterocycles. The fourth-order valence-corrected chi connectivity index (χ4v) is 9.39. The van der Waals surface area contributed by atoms with E-state index in [9.17, 15) is 4.79 Å². The Hall–Kier alpha value is -4.04. The van der Waals surface area contributed by atoms with Crippen molar-refractivity contribution in [3.63, 3.8) is 0 Å². The summed E-state index contributed by atoms with van der Waals surface area (Å²) >= 11 is 0. The van der Waals surface area contributed by atoms with E-state index in [-0.39, 0.29) is 11.3 Å². The molecule has 18 heteroatoms. The molecule has 1 aromatic carbocycles. The van der Waals surface area contributed by atoms with Gasteiger partial charge in [-0.15, -0.1) is 0 Å². The van der Waals surface area contributed by atoms with E-state index < -0.39 is 0 Å². The molecule has 18 nitrogen and oxygen atoms in total. The normalized spacial score (nSPS) is 19.4. The van der Waals surface area contributed by atoms with Crippen molar-refractivity contribution in [1.82, 2.24) is 29.7 Å². The Morgan fingerprint density at radius 3 is 1.82 bits per heavy atom. The second-order valence-corrected chi connectivity index (χ2v) is 17.9. The number of benzene rings is 1. The van der Waals surface area contributed by atoms with E-state index in [2.05, 4.69) is 81.5 Å². The van der Waals surface area contributed by atoms with E-state index in [0.717, 1.165) is 94.1 Å². The molecule has 2 bridgehead atoms. The molecule has 0 unspecified atom stereocenters. The maximum absolute atomic E-state index is 13.0. The molecule has 3 saturated carbocycles. The quantitative estimate of drug-likeness (QED) is 0.0361. The molecule has 0 spiro atoms. The van der Waals surface area contributed by atoms with E-state index >= 15 is 0 Å². The third-order valence-electron chi connectivity index (χ3n) is 12.6. The van der Waals surface area contributed by atoms with Crippen LogP contribution in [0.5, 0.6) is 0 Å². The van der Waals surface area contributed by atoms with Crippen molar-refractivity contribution in [1.29, 1.82) is 0 Å². The summed E-state index contributed by atoms with van der Waals surface area (Å²) in [7, 11) is 0. The first-order valence-corrected chi connectivity index (χ1v) is 24.3. The summed E-state index contributed by atoms with van der Waals surface area (Å²) in [5, 5.41) is 11.4. The minimum absolute atomic E-state index is 0.156. The number of nitrogens with one attached hydrogen (secondary N) is 1. The zero-order valence-corrected chi connectivity index (χ0v) is 40.3. The predicted molar refractivity (Wildman–Crippen MR) is 255 cm³/mol. The van der Waals surface area contributed by atoms with E-state index in [0.29, 0.717) is 124 Å². The summed E-state index contributed by atoms with van der Waals surface area (Å²) in [5.74, 6) is 0.193. The van der Waals surface area contributed by atoms with Gasteiger partial charge in [-0.1, -0.05) is 48.5 Å². The number of hydrogen-bond donors (Lipinski definition) is 1. The van der Waals surface area contributed by atoms with Gasteiger partial charge in [0.2, 0.25) is 5.91 Å². The molecule has 4 aliphatic rings. The maximum Gasteiger partial charge on any atom is 0.226 e. The van der Waals surface area contributed by atoms with Crippen molar-refractivity contribution in [3.05, 3.63) is 80.6 Å². The maximum atomic E-state index is 13.0. The number of ether oxygens (including phenoxy) is 8. The first kappa shape index (κ1) is 52.3. The van der Waals surface area contributed by atoms with Crippen LogP contribution in [0.15, 0.2) is 41.5 Å². The number of aromatic nitrogens is 3. The Labute approximate surface area is 396 Å². The van der Waals surface area contributed by atoms with Gasteiger partial charge >= 0.3 is 0 Å². The Balaban J connectivity index is 0.688. The highest BCUT2D eigenvalue weighted by atomic mass is 16.6. The van der Waals surface area contributed by atoms with Crippen LogP contribution in [0.1, 0.15) is 60.0 Å². The van der Waals surface area contributed by atoms with E-state index in [1.807, 2.05) is 11.4 Å². The molecule has 0 radical (unpaired) electrons. The molecule has 4 fully saturated rings. The number of carbonyl (C=O) groups excluding carboxylic acids is 1. The monoisotopic (exact) mass is 934 g/mol. The molecule has 0 atom stereocenters. The van der Waals surface area contributed by atoms with Crippen molar-refractivity contribution in [2.75, 3.05) is 158 Å². The molecule has 67 heavy (non-hydrogen) atoms. The highest BCUT2D eigenvalue weighted by Gasteiger charge is 2.71. The average Bonchev–Trinajstić information content (AvgIpc) is 3.65. The highest BCUT2D eigenvalue weighted by molar-refractivity contribution is 5.86. The number of piperazine rings is 1. The lowest BCUT2D eigenvalue weighted by atomic mass is 9.34. The smallest absolute Gasteiger partial charge is 0.226 e. The van der Waals surface area contributed by atoms with Crippen LogP contribution in [-0.4, -0.2) is 188 Å².